The van der Waals surface area contributed by atoms with Crippen LogP contribution in [0.1, 0.15) is 42.7 Å². The molecule has 8 heteroatoms. The van der Waals surface area contributed by atoms with Crippen LogP contribution in [-0.4, -0.2) is 54.6 Å². The van der Waals surface area contributed by atoms with Crippen LogP contribution < -0.4 is 5.32 Å². The maximum Gasteiger partial charge on any atom is 0.326 e. The number of hydrogen-bond donors (Lipinski definition) is 2. The molecule has 0 bridgehead atoms. The first-order chi connectivity index (χ1) is 12.4. The molecule has 2 N–H and O–H groups in total. The highest BCUT2D eigenvalue weighted by Crippen LogP contribution is 2.34. The van der Waals surface area contributed by atoms with Gasteiger partial charge in [-0.2, -0.15) is 4.31 Å². The smallest absolute Gasteiger partial charge is 0.326 e. The molecule has 3 rings (SSSR count). The van der Waals surface area contributed by atoms with Crippen LogP contribution >= 0.6 is 0 Å². The van der Waals surface area contributed by atoms with E-state index in [1.807, 2.05) is 18.2 Å². The quantitative estimate of drug-likeness (QED) is 0.769. The van der Waals surface area contributed by atoms with Gasteiger partial charge in [0.1, 0.15) is 6.04 Å². The Morgan fingerprint density at radius 3 is 2.73 bits per heavy atom. The van der Waals surface area contributed by atoms with Crippen LogP contribution in [0.4, 0.5) is 0 Å². The lowest BCUT2D eigenvalue weighted by atomic mass is 9.79. The number of aryl methyl sites for hydroxylation is 1. The Bertz CT molecular complexity index is 793. The zero-order chi connectivity index (χ0) is 18.7. The standard InChI is InChI=1S/C18H24N2O5S/c21-17(12-20-9-4-10-26(20,24)25)19-16(18(22)23)11-14-7-3-6-13-5-1-2-8-15(13)14/h1-2,5,8,14,16H,3-4,6-7,9-12H2,(H,19,21)(H,22,23). The van der Waals surface area contributed by atoms with E-state index in [4.69, 9.17) is 0 Å². The predicted octanol–water partition coefficient (Wildman–Crippen LogP) is 1.10. The zero-order valence-corrected chi connectivity index (χ0v) is 15.4. The number of carbonyl (C=O) groups excluding carboxylic acids is 1. The van der Waals surface area contributed by atoms with Crippen LogP contribution in [0.2, 0.25) is 0 Å². The fourth-order valence-electron chi connectivity index (χ4n) is 3.87. The third-order valence-corrected chi connectivity index (χ3v) is 7.07. The fourth-order valence-corrected chi connectivity index (χ4v) is 5.35. The molecule has 0 saturated carbocycles. The molecule has 1 aromatic carbocycles. The van der Waals surface area contributed by atoms with E-state index in [9.17, 15) is 23.1 Å². The summed E-state index contributed by atoms with van der Waals surface area (Å²) in [5, 5.41) is 12.0. The number of sulfonamides is 1. The maximum atomic E-state index is 12.2. The second-order valence-electron chi connectivity index (χ2n) is 6.99. The highest BCUT2D eigenvalue weighted by atomic mass is 32.2. The molecule has 1 aliphatic carbocycles. The van der Waals surface area contributed by atoms with Crippen molar-refractivity contribution in [2.75, 3.05) is 18.8 Å². The number of amides is 1. The first kappa shape index (κ1) is 18.8. The molecule has 26 heavy (non-hydrogen) atoms. The number of nitrogens with one attached hydrogen (secondary N) is 1. The van der Waals surface area contributed by atoms with E-state index < -0.39 is 27.9 Å². The number of hydrogen-bond acceptors (Lipinski definition) is 4. The van der Waals surface area contributed by atoms with Gasteiger partial charge < -0.3 is 10.4 Å². The van der Waals surface area contributed by atoms with Crippen molar-refractivity contribution in [3.05, 3.63) is 35.4 Å². The van der Waals surface area contributed by atoms with Gasteiger partial charge in [-0.3, -0.25) is 4.79 Å². The molecule has 142 valence electrons. The van der Waals surface area contributed by atoms with Gasteiger partial charge in [0.15, 0.2) is 0 Å². The molecule has 2 atom stereocenters. The van der Waals surface area contributed by atoms with Gasteiger partial charge in [-0.1, -0.05) is 24.3 Å². The summed E-state index contributed by atoms with van der Waals surface area (Å²) in [6.45, 7) is -0.00312. The van der Waals surface area contributed by atoms with E-state index in [-0.39, 0.29) is 18.2 Å². The Hall–Kier alpha value is -1.93. The van der Waals surface area contributed by atoms with Crippen LogP contribution in [0, 0.1) is 0 Å². The SMILES string of the molecule is O=C(CN1CCCS1(=O)=O)NC(CC1CCCc2ccccc21)C(=O)O. The highest BCUT2D eigenvalue weighted by Gasteiger charge is 2.32. The average Bonchev–Trinajstić information content (AvgIpc) is 2.92. The second-order valence-corrected chi connectivity index (χ2v) is 9.07. The normalized spacial score (nSPS) is 23.2. The summed E-state index contributed by atoms with van der Waals surface area (Å²) < 4.78 is 24.7. The number of carbonyl (C=O) groups is 2. The summed E-state index contributed by atoms with van der Waals surface area (Å²) in [6, 6.07) is 6.99. The van der Waals surface area contributed by atoms with Crippen LogP contribution in [0.15, 0.2) is 24.3 Å². The summed E-state index contributed by atoms with van der Waals surface area (Å²) in [7, 11) is -3.38. The van der Waals surface area contributed by atoms with E-state index in [2.05, 4.69) is 11.4 Å². The van der Waals surface area contributed by atoms with Crippen molar-refractivity contribution in [3.63, 3.8) is 0 Å². The minimum atomic E-state index is -3.38. The van der Waals surface area contributed by atoms with Gasteiger partial charge in [-0.25, -0.2) is 13.2 Å². The van der Waals surface area contributed by atoms with Gasteiger partial charge in [0.05, 0.1) is 12.3 Å². The van der Waals surface area contributed by atoms with Crippen molar-refractivity contribution in [1.29, 1.82) is 0 Å². The van der Waals surface area contributed by atoms with Gasteiger partial charge >= 0.3 is 5.97 Å². The largest absolute Gasteiger partial charge is 0.480 e. The van der Waals surface area contributed by atoms with Crippen molar-refractivity contribution in [2.24, 2.45) is 0 Å². The average molecular weight is 380 g/mol. The molecule has 0 aromatic heterocycles. The van der Waals surface area contributed by atoms with Crippen LogP contribution in [0.3, 0.4) is 0 Å². The molecule has 1 saturated heterocycles. The summed E-state index contributed by atoms with van der Waals surface area (Å²) in [4.78, 5) is 23.8. The third-order valence-electron chi connectivity index (χ3n) is 5.17. The Balaban J connectivity index is 1.65. The monoisotopic (exact) mass is 380 g/mol. The van der Waals surface area contributed by atoms with Crippen LogP contribution in [0.5, 0.6) is 0 Å². The van der Waals surface area contributed by atoms with Crippen molar-refractivity contribution < 1.29 is 23.1 Å². The van der Waals surface area contributed by atoms with Crippen LogP contribution in [-0.2, 0) is 26.0 Å². The minimum absolute atomic E-state index is 0.0432. The number of benzene rings is 1. The maximum absolute atomic E-state index is 12.2. The molecule has 1 aliphatic heterocycles. The fraction of sp³-hybridized carbons (Fsp3) is 0.556. The highest BCUT2D eigenvalue weighted by molar-refractivity contribution is 7.89. The van der Waals surface area contributed by atoms with Gasteiger partial charge in [0.2, 0.25) is 15.9 Å². The molecule has 1 fully saturated rings. The molecule has 2 unspecified atom stereocenters. The van der Waals surface area contributed by atoms with Gasteiger partial charge in [0, 0.05) is 6.54 Å². The van der Waals surface area contributed by atoms with E-state index >= 15 is 0 Å². The van der Waals surface area contributed by atoms with Crippen molar-refractivity contribution in [1.82, 2.24) is 9.62 Å². The third kappa shape index (κ3) is 4.24. The number of nitrogens with zero attached hydrogens (tertiary/aromatic N) is 1. The Labute approximate surface area is 153 Å². The van der Waals surface area contributed by atoms with Crippen LogP contribution in [0.25, 0.3) is 0 Å². The van der Waals surface area contributed by atoms with E-state index in [1.165, 1.54) is 5.56 Å². The molecule has 1 aromatic rings. The summed E-state index contributed by atoms with van der Waals surface area (Å²) in [5.41, 5.74) is 2.39. The number of carboxylic acid groups (broad SMARTS) is 1. The molecular formula is C18H24N2O5S. The second kappa shape index (κ2) is 7.75. The first-order valence-electron chi connectivity index (χ1n) is 8.94. The number of aliphatic carboxylic acids is 1. The topological polar surface area (TPSA) is 104 Å². The molecule has 2 aliphatic rings. The van der Waals surface area contributed by atoms with Crippen molar-refractivity contribution >= 4 is 21.9 Å². The van der Waals surface area contributed by atoms with Gasteiger partial charge in [0.25, 0.3) is 0 Å². The number of fused-ring (bicyclic) bond motifs is 1. The molecule has 1 amide bonds. The molecular weight excluding hydrogens is 356 g/mol. The number of rotatable bonds is 6. The van der Waals surface area contributed by atoms with Gasteiger partial charge in [-0.15, -0.1) is 0 Å². The first-order valence-corrected chi connectivity index (χ1v) is 10.6. The minimum Gasteiger partial charge on any atom is -0.480 e. The van der Waals surface area contributed by atoms with E-state index in [0.29, 0.717) is 19.4 Å². The lowest BCUT2D eigenvalue weighted by molar-refractivity contribution is -0.142. The lowest BCUT2D eigenvalue weighted by Crippen LogP contribution is -2.46. The van der Waals surface area contributed by atoms with Crippen molar-refractivity contribution in [3.8, 4) is 0 Å². The number of carboxylic acids is 1. The predicted molar refractivity (Wildman–Crippen MR) is 96.3 cm³/mol. The molecule has 0 spiro atoms. The Kier molecular flexibility index (Phi) is 5.62. The zero-order valence-electron chi connectivity index (χ0n) is 14.6. The molecule has 7 nitrogen and oxygen atoms in total. The Morgan fingerprint density at radius 2 is 2.04 bits per heavy atom. The lowest BCUT2D eigenvalue weighted by Gasteiger charge is -2.28. The summed E-state index contributed by atoms with van der Waals surface area (Å²) in [6.07, 6.45) is 3.68. The van der Waals surface area contributed by atoms with Crippen molar-refractivity contribution in [2.45, 2.75) is 44.1 Å². The van der Waals surface area contributed by atoms with E-state index in [1.54, 1.807) is 0 Å². The summed E-state index contributed by atoms with van der Waals surface area (Å²) in [5.74, 6) is -1.53. The van der Waals surface area contributed by atoms with E-state index in [0.717, 1.165) is 29.1 Å². The summed E-state index contributed by atoms with van der Waals surface area (Å²) >= 11 is 0. The molecule has 1 heterocycles. The van der Waals surface area contributed by atoms with Gasteiger partial charge in [-0.05, 0) is 49.1 Å². The Morgan fingerprint density at radius 1 is 1.27 bits per heavy atom. The molecule has 0 radical (unpaired) electrons.